The Morgan fingerprint density at radius 3 is 2.78 bits per heavy atom. The smallest absolute Gasteiger partial charge is 0.294 e. The molecule has 0 bridgehead atoms. The van der Waals surface area contributed by atoms with Gasteiger partial charge in [0.25, 0.3) is 5.91 Å². The second-order valence-corrected chi connectivity index (χ2v) is 7.37. The number of carbonyl (C=O) groups is 2. The Labute approximate surface area is 183 Å². The first-order valence-corrected chi connectivity index (χ1v) is 10.2. The minimum atomic E-state index is -0.854. The number of rotatable bonds is 6. The second kappa shape index (κ2) is 7.77. The van der Waals surface area contributed by atoms with Gasteiger partial charge in [-0.3, -0.25) is 14.5 Å². The van der Waals surface area contributed by atoms with Gasteiger partial charge in [-0.1, -0.05) is 24.3 Å². The number of aromatic amines is 1. The number of Topliss-reactive ketones (excluding diaryl/α,β-unsaturated/α-hetero) is 1. The van der Waals surface area contributed by atoms with Crippen LogP contribution in [0.1, 0.15) is 29.1 Å². The summed E-state index contributed by atoms with van der Waals surface area (Å²) in [6, 6.07) is 16.9. The van der Waals surface area contributed by atoms with Crippen LogP contribution >= 0.6 is 0 Å². The lowest BCUT2D eigenvalue weighted by Gasteiger charge is -2.26. The maximum Gasteiger partial charge on any atom is 0.294 e. The molecule has 0 saturated carbocycles. The zero-order valence-corrected chi connectivity index (χ0v) is 17.2. The van der Waals surface area contributed by atoms with Gasteiger partial charge in [-0.2, -0.15) is 0 Å². The van der Waals surface area contributed by atoms with E-state index in [4.69, 9.17) is 9.15 Å². The van der Waals surface area contributed by atoms with Gasteiger partial charge in [-0.05, 0) is 37.3 Å². The Morgan fingerprint density at radius 2 is 2.00 bits per heavy atom. The molecule has 4 aromatic rings. The van der Waals surface area contributed by atoms with Gasteiger partial charge in [0, 0.05) is 34.4 Å². The summed E-state index contributed by atoms with van der Waals surface area (Å²) in [4.78, 5) is 31.2. The van der Waals surface area contributed by atoms with E-state index in [1.54, 1.807) is 36.5 Å². The van der Waals surface area contributed by atoms with Gasteiger partial charge in [-0.15, -0.1) is 0 Å². The molecule has 0 aliphatic carbocycles. The Kier molecular flexibility index (Phi) is 4.78. The largest absolute Gasteiger partial charge is 0.503 e. The van der Waals surface area contributed by atoms with E-state index < -0.39 is 23.5 Å². The highest BCUT2D eigenvalue weighted by molar-refractivity contribution is 6.20. The van der Waals surface area contributed by atoms with Crippen LogP contribution in [0.4, 0.5) is 5.69 Å². The van der Waals surface area contributed by atoms with Crippen molar-refractivity contribution < 1.29 is 23.8 Å². The fourth-order valence-corrected chi connectivity index (χ4v) is 4.15. The van der Waals surface area contributed by atoms with Crippen LogP contribution < -0.4 is 9.64 Å². The molecule has 2 aromatic heterocycles. The summed E-state index contributed by atoms with van der Waals surface area (Å²) >= 11 is 0. The van der Waals surface area contributed by atoms with Crippen molar-refractivity contribution in [1.82, 2.24) is 4.98 Å². The number of hydrogen-bond acceptors (Lipinski definition) is 5. The molecule has 1 unspecified atom stereocenters. The molecule has 32 heavy (non-hydrogen) atoms. The lowest BCUT2D eigenvalue weighted by atomic mass is 9.94. The molecular weight excluding hydrogens is 408 g/mol. The van der Waals surface area contributed by atoms with E-state index in [0.717, 1.165) is 10.9 Å². The highest BCUT2D eigenvalue weighted by atomic mass is 16.5. The van der Waals surface area contributed by atoms with E-state index in [0.29, 0.717) is 23.6 Å². The number of nitrogens with zero attached hydrogens (tertiary/aromatic N) is 1. The maximum absolute atomic E-state index is 13.3. The minimum absolute atomic E-state index is 0.0310. The van der Waals surface area contributed by atoms with Gasteiger partial charge in [0.1, 0.15) is 5.75 Å². The summed E-state index contributed by atoms with van der Waals surface area (Å²) in [5, 5.41) is 11.7. The average molecular weight is 428 g/mol. The van der Waals surface area contributed by atoms with Crippen molar-refractivity contribution in [2.75, 3.05) is 11.5 Å². The predicted molar refractivity (Wildman–Crippen MR) is 119 cm³/mol. The van der Waals surface area contributed by atoms with E-state index in [2.05, 4.69) is 4.98 Å². The van der Waals surface area contributed by atoms with Crippen molar-refractivity contribution >= 4 is 28.3 Å². The fraction of sp³-hybridized carbons (Fsp3) is 0.120. The van der Waals surface area contributed by atoms with E-state index >= 15 is 0 Å². The highest BCUT2D eigenvalue weighted by Crippen LogP contribution is 2.44. The molecular formula is C25H20N2O5. The van der Waals surface area contributed by atoms with E-state index in [1.807, 2.05) is 31.2 Å². The third-order valence-corrected chi connectivity index (χ3v) is 5.52. The van der Waals surface area contributed by atoms with Gasteiger partial charge in [0.05, 0.1) is 24.5 Å². The third-order valence-electron chi connectivity index (χ3n) is 5.52. The fourth-order valence-electron chi connectivity index (χ4n) is 4.15. The van der Waals surface area contributed by atoms with Crippen LogP contribution in [0, 0.1) is 0 Å². The normalized spacial score (nSPS) is 16.2. The van der Waals surface area contributed by atoms with Gasteiger partial charge in [-0.25, -0.2) is 0 Å². The number of ether oxygens (including phenoxy) is 1. The lowest BCUT2D eigenvalue weighted by molar-refractivity contribution is -0.117. The summed E-state index contributed by atoms with van der Waals surface area (Å²) in [6.07, 6.45) is 3.14. The summed E-state index contributed by atoms with van der Waals surface area (Å²) in [7, 11) is 0. The Hall–Kier alpha value is -4.26. The number of aliphatic hydroxyl groups excluding tert-OH is 1. The Balaban J connectivity index is 1.71. The Bertz CT molecular complexity index is 1350. The molecule has 1 aliphatic rings. The maximum atomic E-state index is 13.3. The van der Waals surface area contributed by atoms with E-state index in [-0.39, 0.29) is 11.3 Å². The molecule has 7 nitrogen and oxygen atoms in total. The molecule has 0 saturated heterocycles. The van der Waals surface area contributed by atoms with Crippen LogP contribution in [0.25, 0.3) is 10.9 Å². The SMILES string of the molecule is CCOc1cccc(N2C(=O)C(O)=C(C(=O)c3ccco3)C2c2c[nH]c3ccccc23)c1. The summed E-state index contributed by atoms with van der Waals surface area (Å²) in [5.41, 5.74) is 2.02. The molecule has 160 valence electrons. The molecule has 7 heteroatoms. The third kappa shape index (κ3) is 3.06. The van der Waals surface area contributed by atoms with Gasteiger partial charge >= 0.3 is 0 Å². The van der Waals surface area contributed by atoms with Crippen LogP contribution in [0.2, 0.25) is 0 Å². The quantitative estimate of drug-likeness (QED) is 0.424. The zero-order valence-electron chi connectivity index (χ0n) is 17.2. The summed E-state index contributed by atoms with van der Waals surface area (Å²) in [5.74, 6) is -1.16. The van der Waals surface area contributed by atoms with Crippen molar-refractivity contribution in [2.24, 2.45) is 0 Å². The zero-order chi connectivity index (χ0) is 22.2. The number of aromatic nitrogens is 1. The molecule has 1 amide bonds. The topological polar surface area (TPSA) is 95.8 Å². The molecule has 0 fully saturated rings. The molecule has 2 aromatic carbocycles. The summed E-state index contributed by atoms with van der Waals surface area (Å²) in [6.45, 7) is 2.34. The highest BCUT2D eigenvalue weighted by Gasteiger charge is 2.46. The first-order chi connectivity index (χ1) is 15.6. The molecule has 5 rings (SSSR count). The second-order valence-electron chi connectivity index (χ2n) is 7.37. The van der Waals surface area contributed by atoms with Crippen molar-refractivity contribution in [3.63, 3.8) is 0 Å². The van der Waals surface area contributed by atoms with Gasteiger partial charge in [0.2, 0.25) is 5.78 Å². The molecule has 2 N–H and O–H groups in total. The van der Waals surface area contributed by atoms with E-state index in [1.165, 1.54) is 17.2 Å². The number of ketones is 1. The summed E-state index contributed by atoms with van der Waals surface area (Å²) < 4.78 is 10.9. The number of anilines is 1. The van der Waals surface area contributed by atoms with Gasteiger partial charge in [0.15, 0.2) is 11.5 Å². The molecule has 1 aliphatic heterocycles. The number of para-hydroxylation sites is 1. The number of fused-ring (bicyclic) bond motifs is 1. The van der Waals surface area contributed by atoms with Crippen LogP contribution in [0.3, 0.4) is 0 Å². The number of nitrogens with one attached hydrogen (secondary N) is 1. The number of carbonyl (C=O) groups excluding carboxylic acids is 2. The standard InChI is InChI=1S/C25H20N2O5/c1-2-31-16-8-5-7-15(13-16)27-22(18-14-26-19-10-4-3-9-17(18)19)21(24(29)25(27)30)23(28)20-11-6-12-32-20/h3-14,22,26,29H,2H2,1H3. The Morgan fingerprint density at radius 1 is 1.16 bits per heavy atom. The van der Waals surface area contributed by atoms with Gasteiger partial charge < -0.3 is 19.2 Å². The van der Waals surface area contributed by atoms with Crippen molar-refractivity contribution in [1.29, 1.82) is 0 Å². The van der Waals surface area contributed by atoms with Crippen LogP contribution in [-0.2, 0) is 4.79 Å². The molecule has 1 atom stereocenters. The number of aliphatic hydroxyl groups is 1. The average Bonchev–Trinajstić information content (AvgIpc) is 3.53. The minimum Gasteiger partial charge on any atom is -0.503 e. The number of H-pyrrole nitrogens is 1. The molecule has 0 radical (unpaired) electrons. The first kappa shape index (κ1) is 19.7. The lowest BCUT2D eigenvalue weighted by Crippen LogP contribution is -2.31. The number of benzene rings is 2. The first-order valence-electron chi connectivity index (χ1n) is 10.2. The number of hydrogen-bond donors (Lipinski definition) is 2. The predicted octanol–water partition coefficient (Wildman–Crippen LogP) is 4.94. The van der Waals surface area contributed by atoms with Crippen molar-refractivity contribution in [3.05, 3.63) is 95.8 Å². The monoisotopic (exact) mass is 428 g/mol. The van der Waals surface area contributed by atoms with Crippen LogP contribution in [0.5, 0.6) is 5.75 Å². The number of amides is 1. The van der Waals surface area contributed by atoms with Crippen molar-refractivity contribution in [3.8, 4) is 5.75 Å². The van der Waals surface area contributed by atoms with Crippen LogP contribution in [-0.4, -0.2) is 28.4 Å². The van der Waals surface area contributed by atoms with E-state index in [9.17, 15) is 14.7 Å². The number of furan rings is 1. The molecule has 0 spiro atoms. The molecule has 3 heterocycles. The van der Waals surface area contributed by atoms with Crippen molar-refractivity contribution in [2.45, 2.75) is 13.0 Å². The van der Waals surface area contributed by atoms with Crippen LogP contribution in [0.15, 0.2) is 88.9 Å².